The van der Waals surface area contributed by atoms with Crippen LogP contribution < -0.4 is 5.32 Å². The van der Waals surface area contributed by atoms with Crippen molar-refractivity contribution in [3.8, 4) is 0 Å². The lowest BCUT2D eigenvalue weighted by atomic mass is 9.84. The summed E-state index contributed by atoms with van der Waals surface area (Å²) in [4.78, 5) is 0. The predicted octanol–water partition coefficient (Wildman–Crippen LogP) is 3.38. The lowest BCUT2D eigenvalue weighted by Gasteiger charge is -2.36. The Bertz CT molecular complexity index is 211. The smallest absolute Gasteiger partial charge is 0.0811 e. The van der Waals surface area contributed by atoms with Crippen LogP contribution in [0.1, 0.15) is 48.5 Å². The topological polar surface area (TPSA) is 21.3 Å². The first-order valence-electron chi connectivity index (χ1n) is 6.32. The third-order valence-electron chi connectivity index (χ3n) is 2.48. The van der Waals surface area contributed by atoms with E-state index in [1.165, 1.54) is 5.57 Å². The van der Waals surface area contributed by atoms with Crippen molar-refractivity contribution in [1.82, 2.24) is 5.32 Å². The molecule has 0 aliphatic rings. The molecule has 0 saturated heterocycles. The molecule has 0 aliphatic carbocycles. The SMILES string of the molecule is CCNC(C=C(C)C)C(OCC)C(C)(C)C. The zero-order chi connectivity index (χ0) is 12.8. The number of ether oxygens (including phenoxy) is 1. The lowest BCUT2D eigenvalue weighted by Crippen LogP contribution is -2.47. The number of hydrogen-bond donors (Lipinski definition) is 1. The summed E-state index contributed by atoms with van der Waals surface area (Å²) in [5, 5.41) is 3.50. The highest BCUT2D eigenvalue weighted by molar-refractivity contribution is 5.06. The van der Waals surface area contributed by atoms with Gasteiger partial charge < -0.3 is 10.1 Å². The van der Waals surface area contributed by atoms with Gasteiger partial charge in [0.05, 0.1) is 12.1 Å². The molecule has 2 atom stereocenters. The Morgan fingerprint density at radius 2 is 1.81 bits per heavy atom. The molecular formula is C14H29NO. The van der Waals surface area contributed by atoms with E-state index in [0.717, 1.165) is 13.2 Å². The number of allylic oxidation sites excluding steroid dienone is 1. The van der Waals surface area contributed by atoms with Gasteiger partial charge in [0.25, 0.3) is 0 Å². The van der Waals surface area contributed by atoms with Gasteiger partial charge in [-0.1, -0.05) is 39.3 Å². The van der Waals surface area contributed by atoms with Crippen LogP contribution >= 0.6 is 0 Å². The van der Waals surface area contributed by atoms with E-state index in [4.69, 9.17) is 4.74 Å². The van der Waals surface area contributed by atoms with Crippen molar-refractivity contribution in [2.24, 2.45) is 5.41 Å². The summed E-state index contributed by atoms with van der Waals surface area (Å²) < 4.78 is 5.91. The number of likely N-dealkylation sites (N-methyl/N-ethyl adjacent to an activating group) is 1. The third-order valence-corrected chi connectivity index (χ3v) is 2.48. The average molecular weight is 227 g/mol. The summed E-state index contributed by atoms with van der Waals surface area (Å²) in [5.41, 5.74) is 1.48. The van der Waals surface area contributed by atoms with Crippen LogP contribution in [0.2, 0.25) is 0 Å². The van der Waals surface area contributed by atoms with Gasteiger partial charge in [0, 0.05) is 6.61 Å². The largest absolute Gasteiger partial charge is 0.376 e. The molecule has 0 heterocycles. The third kappa shape index (κ3) is 5.66. The molecule has 0 fully saturated rings. The Hall–Kier alpha value is -0.340. The highest BCUT2D eigenvalue weighted by atomic mass is 16.5. The van der Waals surface area contributed by atoms with E-state index < -0.39 is 0 Å². The summed E-state index contributed by atoms with van der Waals surface area (Å²) >= 11 is 0. The van der Waals surface area contributed by atoms with Gasteiger partial charge in [0.1, 0.15) is 0 Å². The summed E-state index contributed by atoms with van der Waals surface area (Å²) in [5.74, 6) is 0. The molecule has 2 heteroatoms. The number of hydrogen-bond acceptors (Lipinski definition) is 2. The van der Waals surface area contributed by atoms with Crippen molar-refractivity contribution in [3.05, 3.63) is 11.6 Å². The van der Waals surface area contributed by atoms with Gasteiger partial charge in [-0.15, -0.1) is 0 Å². The average Bonchev–Trinajstić information content (AvgIpc) is 2.11. The van der Waals surface area contributed by atoms with Crippen molar-refractivity contribution in [1.29, 1.82) is 0 Å². The zero-order valence-corrected chi connectivity index (χ0v) is 12.1. The minimum absolute atomic E-state index is 0.148. The molecule has 2 nitrogen and oxygen atoms in total. The maximum Gasteiger partial charge on any atom is 0.0811 e. The van der Waals surface area contributed by atoms with Crippen LogP contribution in [0.4, 0.5) is 0 Å². The molecule has 0 amide bonds. The molecule has 0 spiro atoms. The van der Waals surface area contributed by atoms with Gasteiger partial charge in [-0.2, -0.15) is 0 Å². The van der Waals surface area contributed by atoms with Crippen LogP contribution in [0.3, 0.4) is 0 Å². The molecule has 96 valence electrons. The molecule has 0 aliphatic heterocycles. The van der Waals surface area contributed by atoms with Gasteiger partial charge in [-0.25, -0.2) is 0 Å². The standard InChI is InChI=1S/C14H29NO/c1-8-15-12(10-11(3)4)13(16-9-2)14(5,6)7/h10,12-13,15H,8-9H2,1-7H3. The Morgan fingerprint density at radius 1 is 1.25 bits per heavy atom. The molecule has 0 saturated carbocycles. The molecule has 0 aromatic heterocycles. The summed E-state index contributed by atoms with van der Waals surface area (Å²) in [6.45, 7) is 16.9. The Kier molecular flexibility index (Phi) is 6.93. The van der Waals surface area contributed by atoms with Crippen molar-refractivity contribution >= 4 is 0 Å². The fraction of sp³-hybridized carbons (Fsp3) is 0.857. The highest BCUT2D eigenvalue weighted by Gasteiger charge is 2.31. The van der Waals surface area contributed by atoms with Gasteiger partial charge in [0.15, 0.2) is 0 Å². The van der Waals surface area contributed by atoms with Crippen molar-refractivity contribution in [2.75, 3.05) is 13.2 Å². The van der Waals surface area contributed by atoms with Crippen LogP contribution in [0.25, 0.3) is 0 Å². The minimum Gasteiger partial charge on any atom is -0.376 e. The zero-order valence-electron chi connectivity index (χ0n) is 12.1. The first-order chi connectivity index (χ1) is 7.32. The maximum atomic E-state index is 5.91. The van der Waals surface area contributed by atoms with Crippen molar-refractivity contribution < 1.29 is 4.74 Å². The van der Waals surface area contributed by atoms with E-state index in [2.05, 4.69) is 59.9 Å². The quantitative estimate of drug-likeness (QED) is 0.702. The summed E-state index contributed by atoms with van der Waals surface area (Å²) in [6.07, 6.45) is 2.49. The van der Waals surface area contributed by atoms with Gasteiger partial charge >= 0.3 is 0 Å². The highest BCUT2D eigenvalue weighted by Crippen LogP contribution is 2.26. The molecule has 2 unspecified atom stereocenters. The fourth-order valence-corrected chi connectivity index (χ4v) is 1.92. The van der Waals surface area contributed by atoms with Crippen LogP contribution in [0.5, 0.6) is 0 Å². The summed E-state index contributed by atoms with van der Waals surface area (Å²) in [7, 11) is 0. The van der Waals surface area contributed by atoms with Crippen molar-refractivity contribution in [3.63, 3.8) is 0 Å². The van der Waals surface area contributed by atoms with Gasteiger partial charge in [0.2, 0.25) is 0 Å². The summed E-state index contributed by atoms with van der Waals surface area (Å²) in [6, 6.07) is 0.301. The van der Waals surface area contributed by atoms with Crippen LogP contribution in [-0.4, -0.2) is 25.3 Å². The molecular weight excluding hydrogens is 198 g/mol. The minimum atomic E-state index is 0.148. The molecule has 0 radical (unpaired) electrons. The maximum absolute atomic E-state index is 5.91. The molecule has 0 bridgehead atoms. The van der Waals surface area contributed by atoms with Crippen LogP contribution in [-0.2, 0) is 4.74 Å². The second-order valence-corrected chi connectivity index (χ2v) is 5.57. The Labute approximate surface area is 101 Å². The Morgan fingerprint density at radius 3 is 2.12 bits per heavy atom. The lowest BCUT2D eigenvalue weighted by molar-refractivity contribution is -0.0254. The first-order valence-corrected chi connectivity index (χ1v) is 6.32. The molecule has 0 aromatic carbocycles. The van der Waals surface area contributed by atoms with Crippen LogP contribution in [0.15, 0.2) is 11.6 Å². The van der Waals surface area contributed by atoms with Crippen molar-refractivity contribution in [2.45, 2.75) is 60.6 Å². The Balaban J connectivity index is 4.86. The van der Waals surface area contributed by atoms with Gasteiger partial charge in [-0.3, -0.25) is 0 Å². The number of rotatable bonds is 6. The molecule has 0 rings (SSSR count). The molecule has 16 heavy (non-hydrogen) atoms. The van der Waals surface area contributed by atoms with E-state index in [9.17, 15) is 0 Å². The normalized spacial score (nSPS) is 15.7. The molecule has 0 aromatic rings. The number of nitrogens with one attached hydrogen (secondary N) is 1. The van der Waals surface area contributed by atoms with Crippen LogP contribution in [0, 0.1) is 5.41 Å². The second-order valence-electron chi connectivity index (χ2n) is 5.57. The van der Waals surface area contributed by atoms with E-state index in [0.29, 0.717) is 6.04 Å². The first kappa shape index (κ1) is 15.7. The second kappa shape index (κ2) is 7.08. The fourth-order valence-electron chi connectivity index (χ4n) is 1.92. The van der Waals surface area contributed by atoms with E-state index >= 15 is 0 Å². The van der Waals surface area contributed by atoms with E-state index in [1.54, 1.807) is 0 Å². The van der Waals surface area contributed by atoms with E-state index in [-0.39, 0.29) is 11.5 Å². The van der Waals surface area contributed by atoms with Gasteiger partial charge in [-0.05, 0) is 32.7 Å². The predicted molar refractivity (Wildman–Crippen MR) is 71.8 cm³/mol. The molecule has 1 N–H and O–H groups in total. The monoisotopic (exact) mass is 227 g/mol. The van der Waals surface area contributed by atoms with E-state index in [1.807, 2.05) is 0 Å².